The van der Waals surface area contributed by atoms with Crippen LogP contribution in [-0.4, -0.2) is 23.9 Å². The molecule has 96 valence electrons. The standard InChI is InChI=1S/C15H20N2O/c1-10-5-6-13(14(16)7-10)15(18)17-8-11-3-2-4-12(11)9-17/h5-7,11-12H,2-4,8-9,16H2,1H3. The third kappa shape index (κ3) is 1.88. The number of benzene rings is 1. The van der Waals surface area contributed by atoms with Gasteiger partial charge in [0, 0.05) is 18.8 Å². The Morgan fingerprint density at radius 2 is 1.94 bits per heavy atom. The van der Waals surface area contributed by atoms with Crippen LogP contribution in [0.15, 0.2) is 18.2 Å². The van der Waals surface area contributed by atoms with Gasteiger partial charge in [0.2, 0.25) is 0 Å². The van der Waals surface area contributed by atoms with Gasteiger partial charge < -0.3 is 10.6 Å². The Balaban J connectivity index is 1.79. The number of aryl methyl sites for hydroxylation is 1. The van der Waals surface area contributed by atoms with E-state index in [0.717, 1.165) is 30.5 Å². The molecule has 0 bridgehead atoms. The first-order valence-electron chi connectivity index (χ1n) is 6.80. The van der Waals surface area contributed by atoms with Gasteiger partial charge in [0.05, 0.1) is 5.56 Å². The summed E-state index contributed by atoms with van der Waals surface area (Å²) >= 11 is 0. The van der Waals surface area contributed by atoms with E-state index < -0.39 is 0 Å². The minimum atomic E-state index is 0.113. The molecule has 2 atom stereocenters. The molecular formula is C15H20N2O. The number of likely N-dealkylation sites (tertiary alicyclic amines) is 1. The summed E-state index contributed by atoms with van der Waals surface area (Å²) in [6, 6.07) is 5.70. The normalized spacial score (nSPS) is 26.4. The van der Waals surface area contributed by atoms with Gasteiger partial charge in [-0.1, -0.05) is 12.5 Å². The van der Waals surface area contributed by atoms with Gasteiger partial charge in [-0.15, -0.1) is 0 Å². The van der Waals surface area contributed by atoms with E-state index in [1.165, 1.54) is 19.3 Å². The van der Waals surface area contributed by atoms with Gasteiger partial charge in [-0.3, -0.25) is 4.79 Å². The maximum Gasteiger partial charge on any atom is 0.255 e. The van der Waals surface area contributed by atoms with Crippen LogP contribution in [0, 0.1) is 18.8 Å². The van der Waals surface area contributed by atoms with Gasteiger partial charge in [0.1, 0.15) is 0 Å². The summed E-state index contributed by atoms with van der Waals surface area (Å²) in [5, 5.41) is 0. The summed E-state index contributed by atoms with van der Waals surface area (Å²) in [5.41, 5.74) is 8.33. The molecule has 1 saturated carbocycles. The predicted octanol–water partition coefficient (Wildman–Crippen LogP) is 2.45. The number of nitrogens with zero attached hydrogens (tertiary/aromatic N) is 1. The highest BCUT2D eigenvalue weighted by molar-refractivity contribution is 5.99. The minimum Gasteiger partial charge on any atom is -0.398 e. The second-order valence-electron chi connectivity index (χ2n) is 5.75. The first-order chi connectivity index (χ1) is 8.65. The molecular weight excluding hydrogens is 224 g/mol. The minimum absolute atomic E-state index is 0.113. The highest BCUT2D eigenvalue weighted by Gasteiger charge is 2.38. The van der Waals surface area contributed by atoms with Crippen molar-refractivity contribution in [1.82, 2.24) is 4.90 Å². The number of fused-ring (bicyclic) bond motifs is 1. The van der Waals surface area contributed by atoms with Gasteiger partial charge in [0.15, 0.2) is 0 Å². The van der Waals surface area contributed by atoms with E-state index in [1.807, 2.05) is 30.0 Å². The molecule has 1 aliphatic heterocycles. The van der Waals surface area contributed by atoms with Crippen LogP contribution in [-0.2, 0) is 0 Å². The number of nitrogen functional groups attached to an aromatic ring is 1. The molecule has 0 radical (unpaired) electrons. The van der Waals surface area contributed by atoms with Crippen molar-refractivity contribution in [2.45, 2.75) is 26.2 Å². The van der Waals surface area contributed by atoms with E-state index >= 15 is 0 Å². The fourth-order valence-electron chi connectivity index (χ4n) is 3.45. The maximum absolute atomic E-state index is 12.5. The van der Waals surface area contributed by atoms with Crippen molar-refractivity contribution in [2.75, 3.05) is 18.8 Å². The van der Waals surface area contributed by atoms with Gasteiger partial charge >= 0.3 is 0 Å². The lowest BCUT2D eigenvalue weighted by Crippen LogP contribution is -2.30. The molecule has 1 aliphatic carbocycles. The summed E-state index contributed by atoms with van der Waals surface area (Å²) in [6.45, 7) is 3.85. The number of hydrogen-bond acceptors (Lipinski definition) is 2. The topological polar surface area (TPSA) is 46.3 Å². The monoisotopic (exact) mass is 244 g/mol. The summed E-state index contributed by atoms with van der Waals surface area (Å²) < 4.78 is 0. The largest absolute Gasteiger partial charge is 0.398 e. The second-order valence-corrected chi connectivity index (χ2v) is 5.75. The first kappa shape index (κ1) is 11.6. The second kappa shape index (κ2) is 4.30. The summed E-state index contributed by atoms with van der Waals surface area (Å²) in [4.78, 5) is 14.5. The fourth-order valence-corrected chi connectivity index (χ4v) is 3.45. The average Bonchev–Trinajstić information content (AvgIpc) is 2.87. The fraction of sp³-hybridized carbons (Fsp3) is 0.533. The SMILES string of the molecule is Cc1ccc(C(=O)N2CC3CCCC3C2)c(N)c1. The van der Waals surface area contributed by atoms with Crippen molar-refractivity contribution in [3.8, 4) is 0 Å². The number of rotatable bonds is 1. The highest BCUT2D eigenvalue weighted by Crippen LogP contribution is 2.38. The molecule has 2 aliphatic rings. The van der Waals surface area contributed by atoms with E-state index in [2.05, 4.69) is 0 Å². The molecule has 1 heterocycles. The van der Waals surface area contributed by atoms with Crippen LogP contribution < -0.4 is 5.73 Å². The lowest BCUT2D eigenvalue weighted by atomic mass is 10.0. The van der Waals surface area contributed by atoms with Crippen molar-refractivity contribution < 1.29 is 4.79 Å². The van der Waals surface area contributed by atoms with Crippen LogP contribution in [0.3, 0.4) is 0 Å². The molecule has 2 unspecified atom stereocenters. The molecule has 3 heteroatoms. The third-order valence-corrected chi connectivity index (χ3v) is 4.45. The molecule has 1 aromatic carbocycles. The van der Waals surface area contributed by atoms with Gasteiger partial charge in [0.25, 0.3) is 5.91 Å². The number of hydrogen-bond donors (Lipinski definition) is 1. The zero-order valence-corrected chi connectivity index (χ0v) is 10.9. The van der Waals surface area contributed by atoms with Crippen molar-refractivity contribution in [1.29, 1.82) is 0 Å². The van der Waals surface area contributed by atoms with Crippen LogP contribution in [0.25, 0.3) is 0 Å². The molecule has 1 aromatic rings. The number of carbonyl (C=O) groups excluding carboxylic acids is 1. The Labute approximate surface area is 108 Å². The van der Waals surface area contributed by atoms with Crippen LogP contribution >= 0.6 is 0 Å². The van der Waals surface area contributed by atoms with Crippen molar-refractivity contribution >= 4 is 11.6 Å². The molecule has 3 nitrogen and oxygen atoms in total. The summed E-state index contributed by atoms with van der Waals surface area (Å²) in [6.07, 6.45) is 3.92. The zero-order chi connectivity index (χ0) is 12.7. The van der Waals surface area contributed by atoms with Crippen LogP contribution in [0.2, 0.25) is 0 Å². The lowest BCUT2D eigenvalue weighted by Gasteiger charge is -2.18. The van der Waals surface area contributed by atoms with E-state index in [9.17, 15) is 4.79 Å². The molecule has 1 saturated heterocycles. The summed E-state index contributed by atoms with van der Waals surface area (Å²) in [7, 11) is 0. The molecule has 2 fully saturated rings. The number of carbonyl (C=O) groups is 1. The van der Waals surface area contributed by atoms with Gasteiger partial charge in [-0.2, -0.15) is 0 Å². The predicted molar refractivity (Wildman–Crippen MR) is 72.3 cm³/mol. The average molecular weight is 244 g/mol. The molecule has 2 N–H and O–H groups in total. The maximum atomic E-state index is 12.5. The smallest absolute Gasteiger partial charge is 0.255 e. The number of anilines is 1. The molecule has 1 amide bonds. The van der Waals surface area contributed by atoms with Crippen LogP contribution in [0.1, 0.15) is 35.2 Å². The lowest BCUT2D eigenvalue weighted by molar-refractivity contribution is 0.0781. The summed E-state index contributed by atoms with van der Waals surface area (Å²) in [5.74, 6) is 1.59. The molecule has 0 spiro atoms. The Morgan fingerprint density at radius 1 is 1.28 bits per heavy atom. The Bertz CT molecular complexity index is 471. The first-order valence-corrected chi connectivity index (χ1v) is 6.80. The van der Waals surface area contributed by atoms with E-state index in [-0.39, 0.29) is 5.91 Å². The van der Waals surface area contributed by atoms with Crippen LogP contribution in [0.5, 0.6) is 0 Å². The van der Waals surface area contributed by atoms with Crippen molar-refractivity contribution in [3.63, 3.8) is 0 Å². The Morgan fingerprint density at radius 3 is 2.56 bits per heavy atom. The Kier molecular flexibility index (Phi) is 2.77. The molecule has 0 aromatic heterocycles. The number of amides is 1. The quantitative estimate of drug-likeness (QED) is 0.771. The third-order valence-electron chi connectivity index (χ3n) is 4.45. The van der Waals surface area contributed by atoms with E-state index in [1.54, 1.807) is 0 Å². The molecule has 18 heavy (non-hydrogen) atoms. The van der Waals surface area contributed by atoms with Crippen molar-refractivity contribution in [2.24, 2.45) is 11.8 Å². The van der Waals surface area contributed by atoms with Crippen LogP contribution in [0.4, 0.5) is 5.69 Å². The highest BCUT2D eigenvalue weighted by atomic mass is 16.2. The van der Waals surface area contributed by atoms with Gasteiger partial charge in [-0.05, 0) is 49.3 Å². The van der Waals surface area contributed by atoms with E-state index in [4.69, 9.17) is 5.73 Å². The number of nitrogens with two attached hydrogens (primary N) is 1. The van der Waals surface area contributed by atoms with Gasteiger partial charge in [-0.25, -0.2) is 0 Å². The zero-order valence-electron chi connectivity index (χ0n) is 10.9. The Hall–Kier alpha value is -1.51. The molecule has 3 rings (SSSR count). The van der Waals surface area contributed by atoms with E-state index in [0.29, 0.717) is 11.3 Å². The van der Waals surface area contributed by atoms with Crippen molar-refractivity contribution in [3.05, 3.63) is 29.3 Å².